The van der Waals surface area contributed by atoms with E-state index in [1.807, 2.05) is 12.1 Å². The van der Waals surface area contributed by atoms with Crippen molar-refractivity contribution in [1.82, 2.24) is 0 Å². The van der Waals surface area contributed by atoms with Crippen molar-refractivity contribution in [1.29, 1.82) is 0 Å². The summed E-state index contributed by atoms with van der Waals surface area (Å²) >= 11 is 0. The zero-order valence-electron chi connectivity index (χ0n) is 9.47. The Balaban J connectivity index is 2.31. The van der Waals surface area contributed by atoms with Gasteiger partial charge >= 0.3 is 97.5 Å². The molecule has 2 rings (SSSR count). The SMILES string of the molecule is CCO[PH2](c1ccccc1)c1ccccc1. The molecular formula is C14H17OP. The van der Waals surface area contributed by atoms with Crippen LogP contribution in [0.2, 0.25) is 0 Å². The fourth-order valence-corrected chi connectivity index (χ4v) is 4.05. The summed E-state index contributed by atoms with van der Waals surface area (Å²) in [6.07, 6.45) is 0. The Kier molecular flexibility index (Phi) is 4.10. The molecular weight excluding hydrogens is 215 g/mol. The van der Waals surface area contributed by atoms with Crippen LogP contribution in [0.25, 0.3) is 0 Å². The monoisotopic (exact) mass is 232 g/mol. The Morgan fingerprint density at radius 2 is 1.25 bits per heavy atom. The molecule has 0 unspecified atom stereocenters. The van der Waals surface area contributed by atoms with Gasteiger partial charge in [-0.25, -0.2) is 0 Å². The minimum atomic E-state index is -1.45. The van der Waals surface area contributed by atoms with Gasteiger partial charge in [0, 0.05) is 0 Å². The summed E-state index contributed by atoms with van der Waals surface area (Å²) in [5, 5.41) is 2.69. The van der Waals surface area contributed by atoms with Gasteiger partial charge in [-0.1, -0.05) is 0 Å². The van der Waals surface area contributed by atoms with E-state index in [-0.39, 0.29) is 0 Å². The van der Waals surface area contributed by atoms with Gasteiger partial charge in [0.25, 0.3) is 0 Å². The molecule has 0 spiro atoms. The van der Waals surface area contributed by atoms with Gasteiger partial charge in [-0.2, -0.15) is 0 Å². The Morgan fingerprint density at radius 1 is 0.812 bits per heavy atom. The third-order valence-electron chi connectivity index (χ3n) is 2.54. The van der Waals surface area contributed by atoms with Crippen LogP contribution in [0.1, 0.15) is 6.92 Å². The molecule has 16 heavy (non-hydrogen) atoms. The van der Waals surface area contributed by atoms with Crippen molar-refractivity contribution in [3.63, 3.8) is 0 Å². The summed E-state index contributed by atoms with van der Waals surface area (Å²) in [5.74, 6) is 0. The van der Waals surface area contributed by atoms with Crippen molar-refractivity contribution in [2.45, 2.75) is 6.92 Å². The molecule has 0 aliphatic rings. The van der Waals surface area contributed by atoms with Gasteiger partial charge in [-0.05, 0) is 0 Å². The third kappa shape index (κ3) is 2.69. The summed E-state index contributed by atoms with van der Waals surface area (Å²) in [6.45, 7) is 2.84. The second kappa shape index (κ2) is 5.79. The van der Waals surface area contributed by atoms with Crippen LogP contribution in [0.15, 0.2) is 60.7 Å². The first kappa shape index (κ1) is 11.3. The summed E-state index contributed by atoms with van der Waals surface area (Å²) < 4.78 is 5.95. The van der Waals surface area contributed by atoms with Crippen LogP contribution in [0.4, 0.5) is 0 Å². The molecule has 0 heterocycles. The van der Waals surface area contributed by atoms with E-state index >= 15 is 0 Å². The molecule has 1 nitrogen and oxygen atoms in total. The molecule has 2 aromatic rings. The van der Waals surface area contributed by atoms with Gasteiger partial charge in [0.1, 0.15) is 0 Å². The molecule has 0 fully saturated rings. The molecule has 0 N–H and O–H groups in total. The standard InChI is InChI=1S/C14H17OP/c1-2-15-16(13-9-5-3-6-10-13)14-11-7-4-8-12-14/h3-12H,2,16H2,1H3. The number of benzene rings is 2. The zero-order chi connectivity index (χ0) is 11.2. The topological polar surface area (TPSA) is 9.23 Å². The molecule has 84 valence electrons. The molecule has 0 aliphatic heterocycles. The van der Waals surface area contributed by atoms with E-state index in [4.69, 9.17) is 4.52 Å². The first-order chi connectivity index (χ1) is 7.92. The molecule has 0 atom stereocenters. The second-order valence-electron chi connectivity index (χ2n) is 3.66. The summed E-state index contributed by atoms with van der Waals surface area (Å²) in [5.41, 5.74) is 0. The minimum absolute atomic E-state index is 0.778. The van der Waals surface area contributed by atoms with Crippen LogP contribution >= 0.6 is 8.15 Å². The maximum absolute atomic E-state index is 5.95. The maximum atomic E-state index is 5.95. The van der Waals surface area contributed by atoms with E-state index < -0.39 is 8.15 Å². The first-order valence-corrected chi connectivity index (χ1v) is 7.26. The normalized spacial score (nSPS) is 11.2. The van der Waals surface area contributed by atoms with Gasteiger partial charge in [0.15, 0.2) is 0 Å². The third-order valence-corrected chi connectivity index (χ3v) is 5.19. The molecule has 2 aromatic carbocycles. The predicted octanol–water partition coefficient (Wildman–Crippen LogP) is 2.54. The molecule has 0 saturated carbocycles. The van der Waals surface area contributed by atoms with Crippen molar-refractivity contribution in [2.24, 2.45) is 0 Å². The van der Waals surface area contributed by atoms with E-state index in [0.29, 0.717) is 0 Å². The van der Waals surface area contributed by atoms with E-state index in [0.717, 1.165) is 6.61 Å². The fraction of sp³-hybridized carbons (Fsp3) is 0.143. The molecule has 0 bridgehead atoms. The van der Waals surface area contributed by atoms with Crippen molar-refractivity contribution < 1.29 is 4.52 Å². The second-order valence-corrected chi connectivity index (χ2v) is 6.08. The number of rotatable bonds is 4. The Labute approximate surface area is 97.9 Å². The average molecular weight is 232 g/mol. The van der Waals surface area contributed by atoms with Crippen molar-refractivity contribution >= 4 is 18.8 Å². The van der Waals surface area contributed by atoms with Crippen LogP contribution in [0.5, 0.6) is 0 Å². The molecule has 0 aromatic heterocycles. The molecule has 0 radical (unpaired) electrons. The van der Waals surface area contributed by atoms with Crippen LogP contribution in [0.3, 0.4) is 0 Å². The van der Waals surface area contributed by atoms with Gasteiger partial charge in [0.05, 0.1) is 0 Å². The average Bonchev–Trinajstić information content (AvgIpc) is 2.38. The summed E-state index contributed by atoms with van der Waals surface area (Å²) in [7, 11) is -1.45. The molecule has 2 heteroatoms. The van der Waals surface area contributed by atoms with Gasteiger partial charge in [-0.3, -0.25) is 0 Å². The van der Waals surface area contributed by atoms with Gasteiger partial charge in [0.2, 0.25) is 0 Å². The fourth-order valence-electron chi connectivity index (χ4n) is 1.81. The molecule has 0 aliphatic carbocycles. The summed E-state index contributed by atoms with van der Waals surface area (Å²) in [4.78, 5) is 0. The Morgan fingerprint density at radius 3 is 1.62 bits per heavy atom. The van der Waals surface area contributed by atoms with E-state index in [1.54, 1.807) is 0 Å². The Bertz CT molecular complexity index is 374. The van der Waals surface area contributed by atoms with Crippen LogP contribution in [-0.4, -0.2) is 6.61 Å². The van der Waals surface area contributed by atoms with E-state index in [1.165, 1.54) is 10.6 Å². The zero-order valence-corrected chi connectivity index (χ0v) is 10.6. The van der Waals surface area contributed by atoms with Crippen molar-refractivity contribution in [3.05, 3.63) is 60.7 Å². The molecule has 0 saturated heterocycles. The molecule has 0 amide bonds. The van der Waals surface area contributed by atoms with Crippen LogP contribution in [0, 0.1) is 0 Å². The Hall–Kier alpha value is -1.17. The number of hydrogen-bond donors (Lipinski definition) is 0. The van der Waals surface area contributed by atoms with Gasteiger partial charge in [-0.15, -0.1) is 0 Å². The number of hydrogen-bond acceptors (Lipinski definition) is 1. The van der Waals surface area contributed by atoms with Gasteiger partial charge < -0.3 is 0 Å². The first-order valence-electron chi connectivity index (χ1n) is 5.63. The van der Waals surface area contributed by atoms with Crippen molar-refractivity contribution in [2.75, 3.05) is 6.61 Å². The van der Waals surface area contributed by atoms with E-state index in [9.17, 15) is 0 Å². The quantitative estimate of drug-likeness (QED) is 0.736. The predicted molar refractivity (Wildman–Crippen MR) is 73.5 cm³/mol. The van der Waals surface area contributed by atoms with Crippen LogP contribution < -0.4 is 10.6 Å². The van der Waals surface area contributed by atoms with Crippen LogP contribution in [-0.2, 0) is 4.52 Å². The van der Waals surface area contributed by atoms with Crippen molar-refractivity contribution in [3.8, 4) is 0 Å². The van der Waals surface area contributed by atoms with E-state index in [2.05, 4.69) is 55.5 Å². The summed E-state index contributed by atoms with van der Waals surface area (Å²) in [6, 6.07) is 21.1.